The smallest absolute Gasteiger partial charge is 0.323 e. The first kappa shape index (κ1) is 18.4. The van der Waals surface area contributed by atoms with Gasteiger partial charge in [0.2, 0.25) is 5.97 Å². The summed E-state index contributed by atoms with van der Waals surface area (Å²) in [5.74, 6) is -6.82. The van der Waals surface area contributed by atoms with Crippen LogP contribution < -0.4 is 4.90 Å². The zero-order valence-corrected chi connectivity index (χ0v) is 14.4. The number of carboxylic acid groups (broad SMARTS) is 1. The molecule has 140 valence electrons. The summed E-state index contributed by atoms with van der Waals surface area (Å²) < 4.78 is 34.5. The largest absolute Gasteiger partial charge is 0.480 e. The zero-order valence-electron chi connectivity index (χ0n) is 14.4. The third kappa shape index (κ3) is 3.33. The van der Waals surface area contributed by atoms with E-state index in [0.29, 0.717) is 19.7 Å². The molecule has 0 amide bonds. The van der Waals surface area contributed by atoms with E-state index >= 15 is 0 Å². The zero-order chi connectivity index (χ0) is 18.8. The molecule has 0 bridgehead atoms. The highest BCUT2D eigenvalue weighted by Crippen LogP contribution is 2.37. The van der Waals surface area contributed by atoms with Crippen LogP contribution in [-0.2, 0) is 9.53 Å². The third-order valence-corrected chi connectivity index (χ3v) is 4.67. The van der Waals surface area contributed by atoms with Gasteiger partial charge < -0.3 is 14.7 Å². The Morgan fingerprint density at radius 3 is 2.65 bits per heavy atom. The maximum Gasteiger partial charge on any atom is 0.323 e. The molecular weight excluding hydrogens is 346 g/mol. The lowest BCUT2D eigenvalue weighted by Gasteiger charge is -2.34. The van der Waals surface area contributed by atoms with Gasteiger partial charge in [-0.2, -0.15) is 4.39 Å². The van der Waals surface area contributed by atoms with Gasteiger partial charge in [0.05, 0.1) is 11.8 Å². The molecule has 0 saturated carbocycles. The Hall–Kier alpha value is -2.35. The third-order valence-electron chi connectivity index (χ3n) is 4.67. The molecule has 3 rings (SSSR count). The molecule has 1 unspecified atom stereocenters. The molecule has 1 saturated heterocycles. The maximum absolute atomic E-state index is 14.9. The van der Waals surface area contributed by atoms with E-state index in [2.05, 4.69) is 4.99 Å². The summed E-state index contributed by atoms with van der Waals surface area (Å²) >= 11 is 0. The van der Waals surface area contributed by atoms with Crippen molar-refractivity contribution in [1.29, 1.82) is 0 Å². The van der Waals surface area contributed by atoms with E-state index in [4.69, 9.17) is 9.84 Å². The standard InChI is InChI=1S/C18H20F2N2O4/c1-2-9-26-10-5-7-22(8-6-10)12-4-3-11-15(14(12)19)21-17(20)13(16(11)23)18(24)25/h3-4,10,13H,2,5-9H2,1H3,(H,24,25). The number of Topliss-reactive ketones (excluding diaryl/α,β-unsaturated/α-hetero) is 1. The number of hydrogen-bond donors (Lipinski definition) is 1. The van der Waals surface area contributed by atoms with Crippen LogP contribution in [0.5, 0.6) is 0 Å². The van der Waals surface area contributed by atoms with Gasteiger partial charge in [0.1, 0.15) is 5.69 Å². The fourth-order valence-electron chi connectivity index (χ4n) is 3.30. The van der Waals surface area contributed by atoms with Gasteiger partial charge >= 0.3 is 5.97 Å². The summed E-state index contributed by atoms with van der Waals surface area (Å²) in [5, 5.41) is 8.96. The van der Waals surface area contributed by atoms with E-state index in [9.17, 15) is 18.4 Å². The lowest BCUT2D eigenvalue weighted by molar-refractivity contribution is -0.138. The minimum atomic E-state index is -2.00. The van der Waals surface area contributed by atoms with Gasteiger partial charge in [-0.15, -0.1) is 0 Å². The van der Waals surface area contributed by atoms with E-state index in [0.717, 1.165) is 19.3 Å². The normalized spacial score (nSPS) is 20.7. The van der Waals surface area contributed by atoms with Crippen molar-refractivity contribution in [2.75, 3.05) is 24.6 Å². The number of hydrogen-bond acceptors (Lipinski definition) is 5. The number of aliphatic carboxylic acids is 1. The van der Waals surface area contributed by atoms with Crippen molar-refractivity contribution in [3.05, 3.63) is 23.5 Å². The molecule has 0 aliphatic carbocycles. The first-order valence-electron chi connectivity index (χ1n) is 8.64. The van der Waals surface area contributed by atoms with Gasteiger partial charge in [-0.3, -0.25) is 9.59 Å². The molecule has 1 fully saturated rings. The second-order valence-corrected chi connectivity index (χ2v) is 6.42. The Kier molecular flexibility index (Phi) is 5.31. The number of benzene rings is 1. The summed E-state index contributed by atoms with van der Waals surface area (Å²) in [5.41, 5.74) is -0.399. The summed E-state index contributed by atoms with van der Waals surface area (Å²) in [6.07, 6.45) is 2.57. The van der Waals surface area contributed by atoms with Crippen molar-refractivity contribution in [3.8, 4) is 0 Å². The van der Waals surface area contributed by atoms with Crippen molar-refractivity contribution in [1.82, 2.24) is 0 Å². The Balaban J connectivity index is 1.83. The Bertz CT molecular complexity index is 758. The molecule has 0 spiro atoms. The fraction of sp³-hybridized carbons (Fsp3) is 0.500. The summed E-state index contributed by atoms with van der Waals surface area (Å²) in [6, 6.07) is 2.75. The van der Waals surface area contributed by atoms with Crippen LogP contribution in [0.15, 0.2) is 17.1 Å². The van der Waals surface area contributed by atoms with Gasteiger partial charge in [0, 0.05) is 25.3 Å². The topological polar surface area (TPSA) is 79.2 Å². The number of fused-ring (bicyclic) bond motifs is 1. The number of carbonyl (C=O) groups excluding carboxylic acids is 1. The van der Waals surface area contributed by atoms with E-state index < -0.39 is 35.1 Å². The predicted molar refractivity (Wildman–Crippen MR) is 91.5 cm³/mol. The number of rotatable bonds is 5. The Morgan fingerprint density at radius 2 is 2.04 bits per heavy atom. The molecular formula is C18H20F2N2O4. The van der Waals surface area contributed by atoms with Gasteiger partial charge in [0.25, 0.3) is 0 Å². The molecule has 2 aliphatic heterocycles. The molecule has 2 heterocycles. The van der Waals surface area contributed by atoms with Crippen molar-refractivity contribution in [3.63, 3.8) is 0 Å². The van der Waals surface area contributed by atoms with E-state index in [1.54, 1.807) is 0 Å². The molecule has 0 aromatic heterocycles. The average Bonchev–Trinajstić information content (AvgIpc) is 2.61. The monoisotopic (exact) mass is 366 g/mol. The van der Waals surface area contributed by atoms with Crippen LogP contribution in [0.1, 0.15) is 36.5 Å². The lowest BCUT2D eigenvalue weighted by atomic mass is 9.93. The molecule has 1 atom stereocenters. The molecule has 1 aromatic carbocycles. The van der Waals surface area contributed by atoms with Crippen LogP contribution in [-0.4, -0.2) is 48.6 Å². The molecule has 0 radical (unpaired) electrons. The van der Waals surface area contributed by atoms with Crippen LogP contribution in [0.25, 0.3) is 0 Å². The molecule has 6 nitrogen and oxygen atoms in total. The number of halogens is 2. The Morgan fingerprint density at radius 1 is 1.35 bits per heavy atom. The van der Waals surface area contributed by atoms with Gasteiger partial charge in [-0.1, -0.05) is 6.92 Å². The summed E-state index contributed by atoms with van der Waals surface area (Å²) in [7, 11) is 0. The molecule has 8 heteroatoms. The van der Waals surface area contributed by atoms with Crippen molar-refractivity contribution < 1.29 is 28.2 Å². The van der Waals surface area contributed by atoms with E-state index in [1.165, 1.54) is 12.1 Å². The van der Waals surface area contributed by atoms with Crippen molar-refractivity contribution >= 4 is 29.1 Å². The van der Waals surface area contributed by atoms with Gasteiger partial charge in [-0.05, 0) is 31.4 Å². The first-order chi connectivity index (χ1) is 12.4. The van der Waals surface area contributed by atoms with Gasteiger partial charge in [0.15, 0.2) is 17.5 Å². The maximum atomic E-state index is 14.9. The highest BCUT2D eigenvalue weighted by Gasteiger charge is 2.39. The number of aliphatic imine (C=N–C) groups is 1. The molecule has 26 heavy (non-hydrogen) atoms. The SMILES string of the molecule is CCCOC1CCN(c2ccc3c(c2F)N=C(F)C(C(=O)O)C3=O)CC1. The predicted octanol–water partition coefficient (Wildman–Crippen LogP) is 3.12. The summed E-state index contributed by atoms with van der Waals surface area (Å²) in [6.45, 7) is 3.87. The molecule has 1 N–H and O–H groups in total. The summed E-state index contributed by atoms with van der Waals surface area (Å²) in [4.78, 5) is 28.4. The number of anilines is 1. The van der Waals surface area contributed by atoms with Crippen molar-refractivity contribution in [2.45, 2.75) is 32.3 Å². The second-order valence-electron chi connectivity index (χ2n) is 6.42. The Labute approximate surface area is 149 Å². The molecule has 2 aliphatic rings. The highest BCUT2D eigenvalue weighted by atomic mass is 19.1. The quantitative estimate of drug-likeness (QED) is 0.810. The highest BCUT2D eigenvalue weighted by molar-refractivity contribution is 6.25. The number of ketones is 1. The number of ether oxygens (including phenoxy) is 1. The van der Waals surface area contributed by atoms with Crippen LogP contribution in [0, 0.1) is 11.7 Å². The number of carboxylic acids is 1. The fourth-order valence-corrected chi connectivity index (χ4v) is 3.30. The average molecular weight is 366 g/mol. The first-order valence-corrected chi connectivity index (χ1v) is 8.64. The number of carbonyl (C=O) groups is 2. The lowest BCUT2D eigenvalue weighted by Crippen LogP contribution is -2.38. The van der Waals surface area contributed by atoms with Crippen molar-refractivity contribution in [2.24, 2.45) is 10.9 Å². The van der Waals surface area contributed by atoms with Crippen LogP contribution in [0.2, 0.25) is 0 Å². The van der Waals surface area contributed by atoms with Crippen LogP contribution >= 0.6 is 0 Å². The minimum Gasteiger partial charge on any atom is -0.480 e. The van der Waals surface area contributed by atoms with Gasteiger partial charge in [-0.25, -0.2) is 9.38 Å². The van der Waals surface area contributed by atoms with Crippen LogP contribution in [0.4, 0.5) is 20.2 Å². The van der Waals surface area contributed by atoms with Crippen LogP contribution in [0.3, 0.4) is 0 Å². The molecule has 1 aromatic rings. The van der Waals surface area contributed by atoms with E-state index in [-0.39, 0.29) is 17.4 Å². The number of piperidine rings is 1. The minimum absolute atomic E-state index is 0.139. The van der Waals surface area contributed by atoms with E-state index in [1.807, 2.05) is 11.8 Å². The second kappa shape index (κ2) is 7.49. The number of nitrogens with zero attached hydrogens (tertiary/aromatic N) is 2.